The largest absolute Gasteiger partial charge is 0.480 e. The van der Waals surface area contributed by atoms with Gasteiger partial charge in [-0.05, 0) is 28.1 Å². The van der Waals surface area contributed by atoms with Crippen LogP contribution in [0.15, 0.2) is 43.0 Å². The second kappa shape index (κ2) is 8.26. The maximum absolute atomic E-state index is 13.0. The Labute approximate surface area is 148 Å². The first-order valence-corrected chi connectivity index (χ1v) is 7.58. The normalized spacial score (nSPS) is 13.5. The number of nitrogens with zero attached hydrogens (tertiary/aromatic N) is 4. The van der Waals surface area contributed by atoms with E-state index in [-0.39, 0.29) is 5.56 Å². The molecule has 8 nitrogen and oxygen atoms in total. The first-order valence-electron chi connectivity index (χ1n) is 7.58. The second-order valence-corrected chi connectivity index (χ2v) is 5.57. The number of benzene rings is 1. The number of carbonyl (C=O) groups is 2. The third-order valence-corrected chi connectivity index (χ3v) is 3.61. The summed E-state index contributed by atoms with van der Waals surface area (Å²) in [4.78, 5) is 23.7. The standard InChI is InChI=1S/C17H17FN4O4/c1-10(16-19-20-21-22(16)2)3-8-13(23)9-14(24)15(17(25)26)11-4-6-12(18)7-5-11/h3-8,13,15,23H,1,9H2,2H3,(H,25,26). The summed E-state index contributed by atoms with van der Waals surface area (Å²) in [6.07, 6.45) is 1.10. The van der Waals surface area contributed by atoms with Gasteiger partial charge in [-0.3, -0.25) is 9.59 Å². The van der Waals surface area contributed by atoms with Crippen molar-refractivity contribution < 1.29 is 24.2 Å². The van der Waals surface area contributed by atoms with Crippen LogP contribution in [-0.2, 0) is 16.6 Å². The van der Waals surface area contributed by atoms with Crippen LogP contribution in [0, 0.1) is 5.82 Å². The fourth-order valence-corrected chi connectivity index (χ4v) is 2.32. The summed E-state index contributed by atoms with van der Waals surface area (Å²) in [7, 11) is 1.62. The molecular formula is C17H17FN4O4. The van der Waals surface area contributed by atoms with Gasteiger partial charge in [-0.15, -0.1) is 5.10 Å². The molecular weight excluding hydrogens is 343 g/mol. The Kier molecular flexibility index (Phi) is 6.07. The van der Waals surface area contributed by atoms with Crippen LogP contribution in [0.5, 0.6) is 0 Å². The van der Waals surface area contributed by atoms with Crippen LogP contribution in [0.25, 0.3) is 5.57 Å². The molecule has 2 N–H and O–H groups in total. The Morgan fingerprint density at radius 3 is 2.54 bits per heavy atom. The first kappa shape index (κ1) is 19.1. The third kappa shape index (κ3) is 4.67. The molecule has 2 aromatic rings. The minimum atomic E-state index is -1.48. The summed E-state index contributed by atoms with van der Waals surface area (Å²) < 4.78 is 14.4. The molecule has 0 aliphatic carbocycles. The van der Waals surface area contributed by atoms with E-state index >= 15 is 0 Å². The summed E-state index contributed by atoms with van der Waals surface area (Å²) in [5.41, 5.74) is 0.562. The maximum Gasteiger partial charge on any atom is 0.318 e. The summed E-state index contributed by atoms with van der Waals surface area (Å²) in [6.45, 7) is 3.75. The van der Waals surface area contributed by atoms with Crippen LogP contribution in [0.3, 0.4) is 0 Å². The summed E-state index contributed by atoms with van der Waals surface area (Å²) >= 11 is 0. The number of allylic oxidation sites excluding steroid dienone is 2. The van der Waals surface area contributed by atoms with Crippen LogP contribution in [0.4, 0.5) is 4.39 Å². The lowest BCUT2D eigenvalue weighted by molar-refractivity contribution is -0.142. The number of Topliss-reactive ketones (excluding diaryl/α,β-unsaturated/α-hetero) is 1. The Balaban J connectivity index is 2.05. The number of hydrogen-bond donors (Lipinski definition) is 2. The molecule has 0 saturated heterocycles. The number of ketones is 1. The lowest BCUT2D eigenvalue weighted by Gasteiger charge is -2.13. The van der Waals surface area contributed by atoms with Crippen molar-refractivity contribution >= 4 is 17.3 Å². The van der Waals surface area contributed by atoms with Gasteiger partial charge in [0.2, 0.25) is 0 Å². The molecule has 2 rings (SSSR count). The quantitative estimate of drug-likeness (QED) is 0.535. The van der Waals surface area contributed by atoms with Gasteiger partial charge < -0.3 is 10.2 Å². The minimum absolute atomic E-state index is 0.148. The van der Waals surface area contributed by atoms with Crippen LogP contribution in [0.1, 0.15) is 23.7 Å². The zero-order valence-corrected chi connectivity index (χ0v) is 13.9. The smallest absolute Gasteiger partial charge is 0.318 e. The molecule has 0 saturated carbocycles. The van der Waals surface area contributed by atoms with Gasteiger partial charge in [0.1, 0.15) is 11.7 Å². The van der Waals surface area contributed by atoms with Crippen molar-refractivity contribution in [3.8, 4) is 0 Å². The zero-order valence-electron chi connectivity index (χ0n) is 13.9. The first-order chi connectivity index (χ1) is 12.3. The van der Waals surface area contributed by atoms with Crippen molar-refractivity contribution in [2.45, 2.75) is 18.4 Å². The number of hydrogen-bond acceptors (Lipinski definition) is 6. The number of carboxylic acid groups (broad SMARTS) is 1. The molecule has 1 aromatic carbocycles. The van der Waals surface area contributed by atoms with Crippen LogP contribution in [-0.4, -0.2) is 48.3 Å². The van der Waals surface area contributed by atoms with Crippen molar-refractivity contribution in [2.75, 3.05) is 0 Å². The summed E-state index contributed by atoms with van der Waals surface area (Å²) in [5.74, 6) is -3.70. The van der Waals surface area contributed by atoms with E-state index in [1.807, 2.05) is 0 Å². The number of halogens is 1. The highest BCUT2D eigenvalue weighted by Gasteiger charge is 2.29. The minimum Gasteiger partial charge on any atom is -0.480 e. The average Bonchev–Trinajstić information content (AvgIpc) is 3.00. The van der Waals surface area contributed by atoms with Gasteiger partial charge in [-0.2, -0.15) is 0 Å². The van der Waals surface area contributed by atoms with Crippen molar-refractivity contribution in [1.29, 1.82) is 0 Å². The van der Waals surface area contributed by atoms with Gasteiger partial charge >= 0.3 is 5.97 Å². The molecule has 2 unspecified atom stereocenters. The van der Waals surface area contributed by atoms with E-state index in [0.717, 1.165) is 12.1 Å². The van der Waals surface area contributed by atoms with Crippen molar-refractivity contribution in [3.63, 3.8) is 0 Å². The molecule has 9 heteroatoms. The molecule has 0 aliphatic heterocycles. The number of tetrazole rings is 1. The number of aryl methyl sites for hydroxylation is 1. The number of carbonyl (C=O) groups excluding carboxylic acids is 1. The van der Waals surface area contributed by atoms with Gasteiger partial charge in [-0.25, -0.2) is 9.07 Å². The monoisotopic (exact) mass is 360 g/mol. The van der Waals surface area contributed by atoms with Gasteiger partial charge in [0.25, 0.3) is 0 Å². The Morgan fingerprint density at radius 1 is 1.35 bits per heavy atom. The van der Waals surface area contributed by atoms with Gasteiger partial charge in [-0.1, -0.05) is 30.9 Å². The SMILES string of the molecule is C=C(C=CC(O)CC(=O)C(C(=O)O)c1ccc(F)cc1)c1nnnn1C. The zero-order chi connectivity index (χ0) is 19.3. The van der Waals surface area contributed by atoms with Crippen LogP contribution >= 0.6 is 0 Å². The molecule has 136 valence electrons. The number of aliphatic hydroxyl groups is 1. The van der Waals surface area contributed by atoms with Crippen molar-refractivity contribution in [3.05, 3.63) is 60.2 Å². The molecule has 0 fully saturated rings. The van der Waals surface area contributed by atoms with Gasteiger partial charge in [0.15, 0.2) is 11.6 Å². The fraction of sp³-hybridized carbons (Fsp3) is 0.235. The molecule has 0 spiro atoms. The lowest BCUT2D eigenvalue weighted by atomic mass is 9.91. The van der Waals surface area contributed by atoms with Gasteiger partial charge in [0, 0.05) is 19.0 Å². The number of aliphatic carboxylic acids is 1. The maximum atomic E-state index is 13.0. The van der Waals surface area contributed by atoms with E-state index in [1.165, 1.54) is 29.0 Å². The molecule has 0 aliphatic rings. The molecule has 1 heterocycles. The number of carboxylic acids is 1. The third-order valence-electron chi connectivity index (χ3n) is 3.61. The topological polar surface area (TPSA) is 118 Å². The Bertz CT molecular complexity index is 845. The predicted molar refractivity (Wildman–Crippen MR) is 89.4 cm³/mol. The second-order valence-electron chi connectivity index (χ2n) is 5.57. The summed E-state index contributed by atoms with van der Waals surface area (Å²) in [5, 5.41) is 30.2. The van der Waals surface area contributed by atoms with E-state index in [2.05, 4.69) is 22.1 Å². The fourth-order valence-electron chi connectivity index (χ4n) is 2.32. The van der Waals surface area contributed by atoms with E-state index in [0.29, 0.717) is 11.4 Å². The Morgan fingerprint density at radius 2 is 2.00 bits per heavy atom. The summed E-state index contributed by atoms with van der Waals surface area (Å²) in [6, 6.07) is 4.62. The van der Waals surface area contributed by atoms with Crippen LogP contribution in [0.2, 0.25) is 0 Å². The number of aliphatic hydroxyl groups excluding tert-OH is 1. The molecule has 26 heavy (non-hydrogen) atoms. The number of rotatable bonds is 8. The highest BCUT2D eigenvalue weighted by molar-refractivity contribution is 6.04. The van der Waals surface area contributed by atoms with E-state index < -0.39 is 36.0 Å². The highest BCUT2D eigenvalue weighted by atomic mass is 19.1. The highest BCUT2D eigenvalue weighted by Crippen LogP contribution is 2.21. The van der Waals surface area contributed by atoms with E-state index in [1.54, 1.807) is 7.05 Å². The molecule has 0 radical (unpaired) electrons. The van der Waals surface area contributed by atoms with Crippen molar-refractivity contribution in [2.24, 2.45) is 7.05 Å². The lowest BCUT2D eigenvalue weighted by Crippen LogP contribution is -2.25. The van der Waals surface area contributed by atoms with E-state index in [4.69, 9.17) is 0 Å². The van der Waals surface area contributed by atoms with Gasteiger partial charge in [0.05, 0.1) is 6.10 Å². The molecule has 0 bridgehead atoms. The molecule has 0 amide bonds. The average molecular weight is 360 g/mol. The Hall–Kier alpha value is -3.20. The van der Waals surface area contributed by atoms with Crippen molar-refractivity contribution in [1.82, 2.24) is 20.2 Å². The number of aromatic nitrogens is 4. The molecule has 2 atom stereocenters. The van der Waals surface area contributed by atoms with E-state index in [9.17, 15) is 24.2 Å². The predicted octanol–water partition coefficient (Wildman–Crippen LogP) is 1.11. The molecule has 1 aromatic heterocycles. The van der Waals surface area contributed by atoms with Crippen LogP contribution < -0.4 is 0 Å².